The van der Waals surface area contributed by atoms with E-state index in [1.54, 1.807) is 0 Å². The standard InChI is InChI=1S/C11H14ClNO3/c1-4-11(2,3)16-9-8(12)5-7(6-13-9)10(14)15/h5-6H,4H2,1-3H3,(H,14,15). The summed E-state index contributed by atoms with van der Waals surface area (Å²) in [6.07, 6.45) is 2.03. The van der Waals surface area contributed by atoms with E-state index in [-0.39, 0.29) is 22.1 Å². The Kier molecular flexibility index (Phi) is 3.75. The third-order valence-corrected chi connectivity index (χ3v) is 2.55. The van der Waals surface area contributed by atoms with E-state index in [9.17, 15) is 4.79 Å². The molecule has 1 N–H and O–H groups in total. The number of aromatic nitrogens is 1. The Bertz CT molecular complexity index is 404. The Morgan fingerprint density at radius 2 is 2.25 bits per heavy atom. The Hall–Kier alpha value is -1.29. The van der Waals surface area contributed by atoms with Crippen molar-refractivity contribution in [2.24, 2.45) is 0 Å². The first-order chi connectivity index (χ1) is 7.35. The maximum Gasteiger partial charge on any atom is 0.337 e. The third kappa shape index (κ3) is 3.10. The lowest BCUT2D eigenvalue weighted by atomic mass is 10.1. The number of nitrogens with zero attached hydrogens (tertiary/aromatic N) is 1. The molecular weight excluding hydrogens is 230 g/mol. The topological polar surface area (TPSA) is 59.4 Å². The largest absolute Gasteiger partial charge is 0.478 e. The number of hydrogen-bond acceptors (Lipinski definition) is 3. The molecule has 0 fully saturated rings. The van der Waals surface area contributed by atoms with Gasteiger partial charge in [-0.1, -0.05) is 18.5 Å². The summed E-state index contributed by atoms with van der Waals surface area (Å²) in [5.41, 5.74) is -0.326. The molecule has 0 aliphatic carbocycles. The van der Waals surface area contributed by atoms with Crippen LogP contribution in [0.5, 0.6) is 5.88 Å². The molecule has 0 saturated heterocycles. The van der Waals surface area contributed by atoms with E-state index in [1.807, 2.05) is 20.8 Å². The second-order valence-electron chi connectivity index (χ2n) is 4.03. The molecule has 88 valence electrons. The predicted molar refractivity (Wildman–Crippen MR) is 61.2 cm³/mol. The van der Waals surface area contributed by atoms with Crippen LogP contribution in [-0.4, -0.2) is 21.7 Å². The van der Waals surface area contributed by atoms with Gasteiger partial charge in [-0.25, -0.2) is 9.78 Å². The van der Waals surface area contributed by atoms with Crippen LogP contribution in [0.4, 0.5) is 0 Å². The fourth-order valence-electron chi connectivity index (χ4n) is 0.951. The highest BCUT2D eigenvalue weighted by atomic mass is 35.5. The summed E-state index contributed by atoms with van der Waals surface area (Å²) in [4.78, 5) is 14.6. The van der Waals surface area contributed by atoms with Crippen molar-refractivity contribution < 1.29 is 14.6 Å². The average Bonchev–Trinajstić information content (AvgIpc) is 2.20. The predicted octanol–water partition coefficient (Wildman–Crippen LogP) is 3.00. The molecule has 1 rings (SSSR count). The van der Waals surface area contributed by atoms with E-state index < -0.39 is 5.97 Å². The summed E-state index contributed by atoms with van der Waals surface area (Å²) in [6.45, 7) is 5.81. The average molecular weight is 244 g/mol. The number of halogens is 1. The van der Waals surface area contributed by atoms with Crippen LogP contribution in [0, 0.1) is 0 Å². The van der Waals surface area contributed by atoms with Gasteiger partial charge < -0.3 is 9.84 Å². The molecule has 1 aromatic rings. The van der Waals surface area contributed by atoms with Gasteiger partial charge in [0, 0.05) is 6.20 Å². The van der Waals surface area contributed by atoms with Crippen LogP contribution in [-0.2, 0) is 0 Å². The molecule has 0 radical (unpaired) electrons. The van der Waals surface area contributed by atoms with Crippen LogP contribution in [0.3, 0.4) is 0 Å². The highest BCUT2D eigenvalue weighted by Gasteiger charge is 2.20. The summed E-state index contributed by atoms with van der Waals surface area (Å²) in [5.74, 6) is -0.797. The molecule has 5 heteroatoms. The number of carboxylic acid groups (broad SMARTS) is 1. The van der Waals surface area contributed by atoms with E-state index in [1.165, 1.54) is 12.3 Å². The minimum atomic E-state index is -1.06. The van der Waals surface area contributed by atoms with E-state index in [4.69, 9.17) is 21.4 Å². The van der Waals surface area contributed by atoms with Crippen LogP contribution < -0.4 is 4.74 Å². The fraction of sp³-hybridized carbons (Fsp3) is 0.455. The maximum atomic E-state index is 10.7. The van der Waals surface area contributed by atoms with Crippen molar-refractivity contribution in [1.82, 2.24) is 4.98 Å². The lowest BCUT2D eigenvalue weighted by Gasteiger charge is -2.24. The number of rotatable bonds is 4. The highest BCUT2D eigenvalue weighted by molar-refractivity contribution is 6.32. The lowest BCUT2D eigenvalue weighted by molar-refractivity contribution is 0.0696. The molecule has 0 spiro atoms. The van der Waals surface area contributed by atoms with Crippen molar-refractivity contribution in [1.29, 1.82) is 0 Å². The number of hydrogen-bond donors (Lipinski definition) is 1. The van der Waals surface area contributed by atoms with Gasteiger partial charge in [0.15, 0.2) is 0 Å². The number of carbonyl (C=O) groups is 1. The van der Waals surface area contributed by atoms with Crippen LogP contribution in [0.15, 0.2) is 12.3 Å². The molecule has 0 bridgehead atoms. The van der Waals surface area contributed by atoms with Crippen molar-refractivity contribution >= 4 is 17.6 Å². The molecule has 0 saturated carbocycles. The second kappa shape index (κ2) is 4.70. The Morgan fingerprint density at radius 3 is 2.69 bits per heavy atom. The van der Waals surface area contributed by atoms with Crippen LogP contribution in [0.2, 0.25) is 5.02 Å². The monoisotopic (exact) mass is 243 g/mol. The van der Waals surface area contributed by atoms with E-state index >= 15 is 0 Å². The summed E-state index contributed by atoms with van der Waals surface area (Å²) < 4.78 is 5.58. The molecule has 1 aromatic heterocycles. The molecule has 0 amide bonds. The zero-order valence-corrected chi connectivity index (χ0v) is 10.2. The highest BCUT2D eigenvalue weighted by Crippen LogP contribution is 2.27. The Balaban J connectivity index is 2.96. The molecule has 16 heavy (non-hydrogen) atoms. The summed E-state index contributed by atoms with van der Waals surface area (Å²) in [7, 11) is 0. The molecule has 0 aliphatic heterocycles. The lowest BCUT2D eigenvalue weighted by Crippen LogP contribution is -2.27. The molecular formula is C11H14ClNO3. The zero-order chi connectivity index (χ0) is 12.3. The smallest absolute Gasteiger partial charge is 0.337 e. The van der Waals surface area contributed by atoms with Crippen molar-refractivity contribution in [3.8, 4) is 5.88 Å². The first kappa shape index (κ1) is 12.8. The molecule has 0 aromatic carbocycles. The van der Waals surface area contributed by atoms with Crippen LogP contribution >= 0.6 is 11.6 Å². The number of carboxylic acids is 1. The maximum absolute atomic E-state index is 10.7. The Labute approximate surface area is 99.2 Å². The quantitative estimate of drug-likeness (QED) is 0.883. The molecule has 4 nitrogen and oxygen atoms in total. The van der Waals surface area contributed by atoms with Crippen LogP contribution in [0.25, 0.3) is 0 Å². The summed E-state index contributed by atoms with van der Waals surface area (Å²) >= 11 is 5.89. The van der Waals surface area contributed by atoms with Gasteiger partial charge in [0.2, 0.25) is 5.88 Å². The minimum absolute atomic E-state index is 0.0478. The van der Waals surface area contributed by atoms with Crippen molar-refractivity contribution in [3.63, 3.8) is 0 Å². The molecule has 0 unspecified atom stereocenters. The van der Waals surface area contributed by atoms with Gasteiger partial charge >= 0.3 is 5.97 Å². The SMILES string of the molecule is CCC(C)(C)Oc1ncc(C(=O)O)cc1Cl. The van der Waals surface area contributed by atoms with Gasteiger partial charge in [0.25, 0.3) is 0 Å². The first-order valence-corrected chi connectivity index (χ1v) is 5.31. The number of pyridine rings is 1. The first-order valence-electron chi connectivity index (χ1n) is 4.93. The van der Waals surface area contributed by atoms with Gasteiger partial charge in [0.05, 0.1) is 5.56 Å². The van der Waals surface area contributed by atoms with Gasteiger partial charge in [-0.2, -0.15) is 0 Å². The zero-order valence-electron chi connectivity index (χ0n) is 9.45. The van der Waals surface area contributed by atoms with Crippen molar-refractivity contribution in [2.75, 3.05) is 0 Å². The van der Waals surface area contributed by atoms with E-state index in [0.717, 1.165) is 6.42 Å². The van der Waals surface area contributed by atoms with Gasteiger partial charge in [0.1, 0.15) is 10.6 Å². The molecule has 0 atom stereocenters. The number of ether oxygens (including phenoxy) is 1. The van der Waals surface area contributed by atoms with Crippen LogP contribution in [0.1, 0.15) is 37.6 Å². The van der Waals surface area contributed by atoms with E-state index in [2.05, 4.69) is 4.98 Å². The van der Waals surface area contributed by atoms with Crippen molar-refractivity contribution in [3.05, 3.63) is 22.8 Å². The van der Waals surface area contributed by atoms with Crippen molar-refractivity contribution in [2.45, 2.75) is 32.8 Å². The van der Waals surface area contributed by atoms with Gasteiger partial charge in [-0.3, -0.25) is 0 Å². The molecule has 1 heterocycles. The Morgan fingerprint density at radius 1 is 1.62 bits per heavy atom. The third-order valence-electron chi connectivity index (χ3n) is 2.28. The summed E-state index contributed by atoms with van der Waals surface area (Å²) in [5, 5.41) is 8.95. The van der Waals surface area contributed by atoms with Gasteiger partial charge in [-0.05, 0) is 26.3 Å². The van der Waals surface area contributed by atoms with E-state index in [0.29, 0.717) is 0 Å². The minimum Gasteiger partial charge on any atom is -0.478 e. The normalized spacial score (nSPS) is 11.2. The summed E-state index contributed by atoms with van der Waals surface area (Å²) in [6, 6.07) is 1.33. The van der Waals surface area contributed by atoms with Gasteiger partial charge in [-0.15, -0.1) is 0 Å². The number of aromatic carboxylic acids is 1. The second-order valence-corrected chi connectivity index (χ2v) is 4.44. The molecule has 0 aliphatic rings. The fourth-order valence-corrected chi connectivity index (χ4v) is 1.16.